The van der Waals surface area contributed by atoms with Crippen molar-refractivity contribution in [3.8, 4) is 0 Å². The van der Waals surface area contributed by atoms with Gasteiger partial charge in [0.1, 0.15) is 11.6 Å². The van der Waals surface area contributed by atoms with Gasteiger partial charge in [0.15, 0.2) is 5.65 Å². The fourth-order valence-corrected chi connectivity index (χ4v) is 1.95. The summed E-state index contributed by atoms with van der Waals surface area (Å²) in [7, 11) is 0. The van der Waals surface area contributed by atoms with E-state index in [9.17, 15) is 8.78 Å². The summed E-state index contributed by atoms with van der Waals surface area (Å²) in [5, 5.41) is 6.84. The summed E-state index contributed by atoms with van der Waals surface area (Å²) in [5.74, 6) is -1.08. The minimum absolute atomic E-state index is 0.122. The SMILES string of the molecule is Fc1ccc(Nc2nc3ccc(Br)cn3n2)c(F)c1. The van der Waals surface area contributed by atoms with Gasteiger partial charge in [-0.25, -0.2) is 13.3 Å². The van der Waals surface area contributed by atoms with Crippen molar-refractivity contribution in [2.24, 2.45) is 0 Å². The van der Waals surface area contributed by atoms with E-state index >= 15 is 0 Å². The largest absolute Gasteiger partial charge is 0.320 e. The molecule has 0 aliphatic carbocycles. The number of benzene rings is 1. The van der Waals surface area contributed by atoms with Crippen LogP contribution >= 0.6 is 15.9 Å². The molecule has 0 saturated heterocycles. The van der Waals surface area contributed by atoms with Gasteiger partial charge in [-0.15, -0.1) is 5.10 Å². The summed E-state index contributed by atoms with van der Waals surface area (Å²) in [6.45, 7) is 0. The number of hydrogen-bond donors (Lipinski definition) is 1. The van der Waals surface area contributed by atoms with Crippen LogP contribution in [0.3, 0.4) is 0 Å². The monoisotopic (exact) mass is 324 g/mol. The lowest BCUT2D eigenvalue weighted by Crippen LogP contribution is -1.96. The lowest BCUT2D eigenvalue weighted by Gasteiger charge is -2.02. The summed E-state index contributed by atoms with van der Waals surface area (Å²) >= 11 is 3.32. The molecule has 19 heavy (non-hydrogen) atoms. The number of hydrogen-bond acceptors (Lipinski definition) is 3. The van der Waals surface area contributed by atoms with Crippen LogP contribution in [0.1, 0.15) is 0 Å². The van der Waals surface area contributed by atoms with E-state index in [2.05, 4.69) is 31.3 Å². The highest BCUT2D eigenvalue weighted by molar-refractivity contribution is 9.10. The van der Waals surface area contributed by atoms with E-state index in [0.717, 1.165) is 16.6 Å². The highest BCUT2D eigenvalue weighted by Crippen LogP contribution is 2.19. The number of aromatic nitrogens is 3. The zero-order chi connectivity index (χ0) is 13.4. The van der Waals surface area contributed by atoms with Crippen molar-refractivity contribution in [1.29, 1.82) is 0 Å². The van der Waals surface area contributed by atoms with Crippen LogP contribution in [0.5, 0.6) is 0 Å². The van der Waals surface area contributed by atoms with Crippen molar-refractivity contribution in [1.82, 2.24) is 14.6 Å². The van der Waals surface area contributed by atoms with Crippen LogP contribution < -0.4 is 5.32 Å². The molecule has 1 aromatic carbocycles. The fourth-order valence-electron chi connectivity index (χ4n) is 1.62. The van der Waals surface area contributed by atoms with Gasteiger partial charge in [0.25, 0.3) is 0 Å². The normalized spacial score (nSPS) is 10.9. The van der Waals surface area contributed by atoms with Gasteiger partial charge < -0.3 is 5.32 Å². The van der Waals surface area contributed by atoms with E-state index in [0.29, 0.717) is 5.65 Å². The Bertz CT molecular complexity index is 757. The molecule has 0 amide bonds. The van der Waals surface area contributed by atoms with Crippen LogP contribution in [-0.2, 0) is 0 Å². The first-order valence-electron chi connectivity index (χ1n) is 5.36. The van der Waals surface area contributed by atoms with Crippen molar-refractivity contribution in [2.45, 2.75) is 0 Å². The Morgan fingerprint density at radius 2 is 2.00 bits per heavy atom. The minimum Gasteiger partial charge on any atom is -0.320 e. The Morgan fingerprint density at radius 3 is 2.79 bits per heavy atom. The van der Waals surface area contributed by atoms with Gasteiger partial charge in [-0.3, -0.25) is 0 Å². The van der Waals surface area contributed by atoms with E-state index in [1.807, 2.05) is 6.07 Å². The van der Waals surface area contributed by atoms with Crippen molar-refractivity contribution >= 4 is 33.2 Å². The van der Waals surface area contributed by atoms with Gasteiger partial charge in [0, 0.05) is 16.7 Å². The maximum Gasteiger partial charge on any atom is 0.247 e. The molecule has 0 fully saturated rings. The third-order valence-corrected chi connectivity index (χ3v) is 2.94. The molecule has 0 aliphatic rings. The molecule has 3 rings (SSSR count). The van der Waals surface area contributed by atoms with Crippen LogP contribution in [0.4, 0.5) is 20.4 Å². The number of pyridine rings is 1. The molecule has 0 bridgehead atoms. The van der Waals surface area contributed by atoms with E-state index in [1.54, 1.807) is 16.8 Å². The number of fused-ring (bicyclic) bond motifs is 1. The number of rotatable bonds is 2. The molecule has 3 aromatic rings. The van der Waals surface area contributed by atoms with E-state index in [-0.39, 0.29) is 11.6 Å². The number of nitrogens with one attached hydrogen (secondary N) is 1. The van der Waals surface area contributed by atoms with Gasteiger partial charge in [-0.05, 0) is 40.2 Å². The maximum absolute atomic E-state index is 13.5. The van der Waals surface area contributed by atoms with Gasteiger partial charge >= 0.3 is 0 Å². The van der Waals surface area contributed by atoms with Crippen molar-refractivity contribution in [3.05, 3.63) is 52.6 Å². The molecule has 0 aliphatic heterocycles. The molecule has 4 nitrogen and oxygen atoms in total. The molecule has 0 unspecified atom stereocenters. The molecule has 2 heterocycles. The molecule has 2 aromatic heterocycles. The first-order valence-corrected chi connectivity index (χ1v) is 6.15. The summed E-state index contributed by atoms with van der Waals surface area (Å²) in [4.78, 5) is 4.17. The maximum atomic E-state index is 13.5. The molecule has 96 valence electrons. The Labute approximate surface area is 115 Å². The highest BCUT2D eigenvalue weighted by atomic mass is 79.9. The summed E-state index contributed by atoms with van der Waals surface area (Å²) < 4.78 is 28.7. The lowest BCUT2D eigenvalue weighted by atomic mass is 10.3. The predicted molar refractivity (Wildman–Crippen MR) is 70.3 cm³/mol. The molecule has 0 atom stereocenters. The fraction of sp³-hybridized carbons (Fsp3) is 0. The molecule has 0 spiro atoms. The average molecular weight is 325 g/mol. The highest BCUT2D eigenvalue weighted by Gasteiger charge is 2.08. The van der Waals surface area contributed by atoms with Crippen molar-refractivity contribution in [3.63, 3.8) is 0 Å². The first-order chi connectivity index (χ1) is 9.11. The summed E-state index contributed by atoms with van der Waals surface area (Å²) in [6.07, 6.45) is 1.73. The van der Waals surface area contributed by atoms with Crippen LogP contribution in [0.2, 0.25) is 0 Å². The molecule has 0 radical (unpaired) electrons. The zero-order valence-electron chi connectivity index (χ0n) is 9.44. The minimum atomic E-state index is -0.694. The Morgan fingerprint density at radius 1 is 1.16 bits per heavy atom. The van der Waals surface area contributed by atoms with Gasteiger partial charge in [-0.1, -0.05) is 0 Å². The van der Waals surface area contributed by atoms with Gasteiger partial charge in [0.2, 0.25) is 5.95 Å². The van der Waals surface area contributed by atoms with E-state index < -0.39 is 11.6 Å². The Kier molecular flexibility index (Phi) is 2.90. The van der Waals surface area contributed by atoms with Gasteiger partial charge in [-0.2, -0.15) is 4.98 Å². The summed E-state index contributed by atoms with van der Waals surface area (Å²) in [6, 6.07) is 6.86. The molecule has 0 saturated carbocycles. The Hall–Kier alpha value is -2.02. The standard InChI is InChI=1S/C12H7BrF2N4/c13-7-1-4-11-17-12(18-19(11)6-7)16-10-3-2-8(14)5-9(10)15/h1-6H,(H,16,18). The molecular weight excluding hydrogens is 318 g/mol. The third-order valence-electron chi connectivity index (χ3n) is 2.47. The number of halogens is 3. The Balaban J connectivity index is 1.96. The first kappa shape index (κ1) is 12.0. The smallest absolute Gasteiger partial charge is 0.247 e. The topological polar surface area (TPSA) is 42.2 Å². The number of anilines is 2. The lowest BCUT2D eigenvalue weighted by molar-refractivity contribution is 0.586. The zero-order valence-corrected chi connectivity index (χ0v) is 11.0. The van der Waals surface area contributed by atoms with Crippen LogP contribution in [0.25, 0.3) is 5.65 Å². The van der Waals surface area contributed by atoms with Crippen LogP contribution in [0, 0.1) is 11.6 Å². The van der Waals surface area contributed by atoms with Gasteiger partial charge in [0.05, 0.1) is 5.69 Å². The van der Waals surface area contributed by atoms with E-state index in [4.69, 9.17) is 0 Å². The second kappa shape index (κ2) is 4.58. The van der Waals surface area contributed by atoms with Crippen molar-refractivity contribution in [2.75, 3.05) is 5.32 Å². The molecule has 1 N–H and O–H groups in total. The second-order valence-electron chi connectivity index (χ2n) is 3.83. The van der Waals surface area contributed by atoms with Crippen molar-refractivity contribution < 1.29 is 8.78 Å². The number of nitrogens with zero attached hydrogens (tertiary/aromatic N) is 3. The summed E-state index contributed by atoms with van der Waals surface area (Å²) in [5.41, 5.74) is 0.740. The predicted octanol–water partition coefficient (Wildman–Crippen LogP) is 3.51. The average Bonchev–Trinajstić information content (AvgIpc) is 2.74. The quantitative estimate of drug-likeness (QED) is 0.784. The molecular formula is C12H7BrF2N4. The second-order valence-corrected chi connectivity index (χ2v) is 4.75. The third kappa shape index (κ3) is 2.41. The molecule has 7 heteroatoms. The van der Waals surface area contributed by atoms with Crippen LogP contribution in [-0.4, -0.2) is 14.6 Å². The van der Waals surface area contributed by atoms with E-state index in [1.165, 1.54) is 6.07 Å². The van der Waals surface area contributed by atoms with Crippen LogP contribution in [0.15, 0.2) is 41.0 Å².